The summed E-state index contributed by atoms with van der Waals surface area (Å²) in [6.07, 6.45) is 0.469. The first-order valence-corrected chi connectivity index (χ1v) is 5.62. The zero-order valence-corrected chi connectivity index (χ0v) is 10.3. The SMILES string of the molecule is [CH2]CN(C)C(=O)OC1CCN(C(=O)OC)CC1. The molecule has 0 saturated carbocycles. The molecular formula is C11H19N2O4. The highest BCUT2D eigenvalue weighted by molar-refractivity contribution is 5.68. The highest BCUT2D eigenvalue weighted by Crippen LogP contribution is 2.15. The molecule has 17 heavy (non-hydrogen) atoms. The predicted molar refractivity (Wildman–Crippen MR) is 61.5 cm³/mol. The molecule has 0 atom stereocenters. The molecule has 97 valence electrons. The van der Waals surface area contributed by atoms with Crippen molar-refractivity contribution < 1.29 is 19.1 Å². The van der Waals surface area contributed by atoms with Crippen LogP contribution in [0, 0.1) is 6.92 Å². The van der Waals surface area contributed by atoms with Gasteiger partial charge in [-0.1, -0.05) is 0 Å². The van der Waals surface area contributed by atoms with Gasteiger partial charge in [-0.25, -0.2) is 9.59 Å². The summed E-state index contributed by atoms with van der Waals surface area (Å²) >= 11 is 0. The standard InChI is InChI=1S/C11H19N2O4/c1-4-12(2)10(14)17-9-5-7-13(8-6-9)11(15)16-3/h9H,1,4-8H2,2-3H3. The lowest BCUT2D eigenvalue weighted by Crippen LogP contribution is -2.42. The Labute approximate surface area is 101 Å². The van der Waals surface area contributed by atoms with Crippen LogP contribution in [-0.4, -0.2) is 61.9 Å². The molecule has 0 spiro atoms. The lowest BCUT2D eigenvalue weighted by Gasteiger charge is -2.31. The van der Waals surface area contributed by atoms with Gasteiger partial charge in [-0.3, -0.25) is 0 Å². The molecule has 1 radical (unpaired) electrons. The molecule has 0 aromatic heterocycles. The number of ether oxygens (including phenoxy) is 2. The number of hydrogen-bond donors (Lipinski definition) is 0. The molecule has 6 heteroatoms. The molecule has 0 aromatic rings. The Morgan fingerprint density at radius 3 is 2.47 bits per heavy atom. The molecule has 6 nitrogen and oxygen atoms in total. The zero-order valence-electron chi connectivity index (χ0n) is 10.3. The van der Waals surface area contributed by atoms with E-state index in [4.69, 9.17) is 4.74 Å². The van der Waals surface area contributed by atoms with Crippen molar-refractivity contribution in [1.82, 2.24) is 9.80 Å². The second-order valence-corrected chi connectivity index (χ2v) is 3.96. The summed E-state index contributed by atoms with van der Waals surface area (Å²) in [4.78, 5) is 25.7. The third-order valence-electron chi connectivity index (χ3n) is 2.79. The quantitative estimate of drug-likeness (QED) is 0.729. The first-order valence-electron chi connectivity index (χ1n) is 5.62. The van der Waals surface area contributed by atoms with E-state index in [1.807, 2.05) is 0 Å². The minimum Gasteiger partial charge on any atom is -0.453 e. The van der Waals surface area contributed by atoms with E-state index in [0.29, 0.717) is 32.5 Å². The molecular weight excluding hydrogens is 224 g/mol. The number of likely N-dealkylation sites (tertiary alicyclic amines) is 1. The molecule has 2 amide bonds. The molecule has 1 fully saturated rings. The maximum atomic E-state index is 11.5. The van der Waals surface area contributed by atoms with Crippen LogP contribution in [-0.2, 0) is 9.47 Å². The minimum absolute atomic E-state index is 0.127. The number of carbonyl (C=O) groups is 2. The molecule has 0 N–H and O–H groups in total. The normalized spacial score (nSPS) is 16.5. The van der Waals surface area contributed by atoms with Gasteiger partial charge < -0.3 is 19.3 Å². The van der Waals surface area contributed by atoms with Crippen molar-refractivity contribution >= 4 is 12.2 Å². The third-order valence-corrected chi connectivity index (χ3v) is 2.79. The average molecular weight is 243 g/mol. The molecule has 0 bridgehead atoms. The summed E-state index contributed by atoms with van der Waals surface area (Å²) in [6.45, 7) is 5.09. The average Bonchev–Trinajstić information content (AvgIpc) is 2.37. The highest BCUT2D eigenvalue weighted by Gasteiger charge is 2.26. The van der Waals surface area contributed by atoms with Crippen LogP contribution in [0.1, 0.15) is 12.8 Å². The molecule has 1 saturated heterocycles. The molecule has 0 aromatic carbocycles. The van der Waals surface area contributed by atoms with Gasteiger partial charge in [0.15, 0.2) is 0 Å². The van der Waals surface area contributed by atoms with Crippen LogP contribution in [0.2, 0.25) is 0 Å². The summed E-state index contributed by atoms with van der Waals surface area (Å²) in [7, 11) is 3.00. The van der Waals surface area contributed by atoms with Gasteiger partial charge in [-0.15, -0.1) is 0 Å². The van der Waals surface area contributed by atoms with Gasteiger partial charge in [0.1, 0.15) is 6.10 Å². The molecule has 1 aliphatic heterocycles. The summed E-state index contributed by atoms with van der Waals surface area (Å²) in [5, 5.41) is 0. The summed E-state index contributed by atoms with van der Waals surface area (Å²) in [5.74, 6) is 0. The zero-order chi connectivity index (χ0) is 12.8. The van der Waals surface area contributed by atoms with Gasteiger partial charge in [0, 0.05) is 39.5 Å². The van der Waals surface area contributed by atoms with Crippen molar-refractivity contribution in [2.75, 3.05) is 33.8 Å². The first-order chi connectivity index (χ1) is 8.08. The Bertz CT molecular complexity index is 275. The van der Waals surface area contributed by atoms with Gasteiger partial charge in [-0.05, 0) is 6.92 Å². The summed E-state index contributed by atoms with van der Waals surface area (Å²) in [6, 6.07) is 0. The van der Waals surface area contributed by atoms with Crippen LogP contribution in [0.25, 0.3) is 0 Å². The van der Waals surface area contributed by atoms with Crippen molar-refractivity contribution in [3.63, 3.8) is 0 Å². The Balaban J connectivity index is 2.32. The largest absolute Gasteiger partial charge is 0.453 e. The van der Waals surface area contributed by atoms with Crippen molar-refractivity contribution in [2.24, 2.45) is 0 Å². The molecule has 0 unspecified atom stereocenters. The lowest BCUT2D eigenvalue weighted by molar-refractivity contribution is 0.0328. The second-order valence-electron chi connectivity index (χ2n) is 3.96. The molecule has 0 aliphatic carbocycles. The number of hydrogen-bond acceptors (Lipinski definition) is 4. The van der Waals surface area contributed by atoms with Crippen molar-refractivity contribution in [3.05, 3.63) is 6.92 Å². The maximum Gasteiger partial charge on any atom is 0.409 e. The van der Waals surface area contributed by atoms with E-state index in [2.05, 4.69) is 11.7 Å². The van der Waals surface area contributed by atoms with Gasteiger partial charge in [-0.2, -0.15) is 0 Å². The number of carbonyl (C=O) groups excluding carboxylic acids is 2. The van der Waals surface area contributed by atoms with Crippen LogP contribution < -0.4 is 0 Å². The number of amides is 2. The maximum absolute atomic E-state index is 11.5. The second kappa shape index (κ2) is 6.32. The van der Waals surface area contributed by atoms with Gasteiger partial charge in [0.2, 0.25) is 0 Å². The molecule has 1 aliphatic rings. The highest BCUT2D eigenvalue weighted by atomic mass is 16.6. The van der Waals surface area contributed by atoms with E-state index in [0.717, 1.165) is 0 Å². The van der Waals surface area contributed by atoms with E-state index >= 15 is 0 Å². The van der Waals surface area contributed by atoms with E-state index in [-0.39, 0.29) is 18.3 Å². The molecule has 1 heterocycles. The van der Waals surface area contributed by atoms with E-state index in [9.17, 15) is 9.59 Å². The summed E-state index contributed by atoms with van der Waals surface area (Å²) in [5.41, 5.74) is 0. The van der Waals surface area contributed by atoms with Crippen LogP contribution >= 0.6 is 0 Å². The predicted octanol–water partition coefficient (Wildman–Crippen LogP) is 1.12. The van der Waals surface area contributed by atoms with Crippen LogP contribution in [0.5, 0.6) is 0 Å². The topological polar surface area (TPSA) is 59.1 Å². The number of rotatable bonds is 2. The molecule has 1 rings (SSSR count). The van der Waals surface area contributed by atoms with Crippen LogP contribution in [0.4, 0.5) is 9.59 Å². The van der Waals surface area contributed by atoms with E-state index in [1.54, 1.807) is 11.9 Å². The monoisotopic (exact) mass is 243 g/mol. The number of methoxy groups -OCH3 is 1. The van der Waals surface area contributed by atoms with Gasteiger partial charge in [0.05, 0.1) is 7.11 Å². The third kappa shape index (κ3) is 3.80. The number of piperidine rings is 1. The van der Waals surface area contributed by atoms with E-state index in [1.165, 1.54) is 12.0 Å². The Hall–Kier alpha value is -1.46. The van der Waals surface area contributed by atoms with Gasteiger partial charge in [0.25, 0.3) is 0 Å². The van der Waals surface area contributed by atoms with Crippen molar-refractivity contribution in [2.45, 2.75) is 18.9 Å². The lowest BCUT2D eigenvalue weighted by atomic mass is 10.1. The van der Waals surface area contributed by atoms with Crippen LogP contribution in [0.15, 0.2) is 0 Å². The van der Waals surface area contributed by atoms with Crippen molar-refractivity contribution in [1.29, 1.82) is 0 Å². The van der Waals surface area contributed by atoms with Crippen LogP contribution in [0.3, 0.4) is 0 Å². The fraction of sp³-hybridized carbons (Fsp3) is 0.727. The van der Waals surface area contributed by atoms with Crippen molar-refractivity contribution in [3.8, 4) is 0 Å². The Kier molecular flexibility index (Phi) is 5.06. The minimum atomic E-state index is -0.364. The smallest absolute Gasteiger partial charge is 0.409 e. The first kappa shape index (κ1) is 13.6. The fourth-order valence-electron chi connectivity index (χ4n) is 1.61. The van der Waals surface area contributed by atoms with Gasteiger partial charge >= 0.3 is 12.2 Å². The Morgan fingerprint density at radius 1 is 1.41 bits per heavy atom. The summed E-state index contributed by atoms with van der Waals surface area (Å²) < 4.78 is 9.90. The number of nitrogens with zero attached hydrogens (tertiary/aromatic N) is 2. The van der Waals surface area contributed by atoms with E-state index < -0.39 is 0 Å². The fourth-order valence-corrected chi connectivity index (χ4v) is 1.61. The Morgan fingerprint density at radius 2 is 2.00 bits per heavy atom.